The van der Waals surface area contributed by atoms with E-state index in [1.54, 1.807) is 6.08 Å². The Morgan fingerprint density at radius 3 is 3.00 bits per heavy atom. The summed E-state index contributed by atoms with van der Waals surface area (Å²) in [5, 5.41) is 3.22. The van der Waals surface area contributed by atoms with Gasteiger partial charge in [-0.15, -0.1) is 0 Å². The fourth-order valence-corrected chi connectivity index (χ4v) is 0.152. The van der Waals surface area contributed by atoms with Gasteiger partial charge in [0.2, 0.25) is 0 Å². The fourth-order valence-electron chi connectivity index (χ4n) is 0.152. The van der Waals surface area contributed by atoms with Gasteiger partial charge < -0.3 is 0 Å². The lowest BCUT2D eigenvalue weighted by Gasteiger charge is -1.48. The second-order valence-electron chi connectivity index (χ2n) is 0.629. The van der Waals surface area contributed by atoms with Gasteiger partial charge in [0.1, 0.15) is 0 Å². The summed E-state index contributed by atoms with van der Waals surface area (Å²) >= 11 is 0. The summed E-state index contributed by atoms with van der Waals surface area (Å²) in [6, 6.07) is 0. The normalized spacial score (nSPS) is 16.0. The summed E-state index contributed by atoms with van der Waals surface area (Å²) in [4.78, 5) is 4.28. The largest absolute Gasteiger partial charge is 0.424 e. The molecule has 0 saturated carbocycles. The van der Waals surface area contributed by atoms with Crippen LogP contribution in [-0.2, 0) is 4.84 Å². The molecule has 0 fully saturated rings. The van der Waals surface area contributed by atoms with Crippen LogP contribution in [-0.4, -0.2) is 6.21 Å². The Morgan fingerprint density at radius 1 is 1.80 bits per heavy atom. The summed E-state index contributed by atoms with van der Waals surface area (Å²) in [7, 11) is 0. The van der Waals surface area contributed by atoms with E-state index in [0.717, 1.165) is 0 Å². The van der Waals surface area contributed by atoms with Gasteiger partial charge >= 0.3 is 11.4 Å². The van der Waals surface area contributed by atoms with E-state index >= 15 is 0 Å². The molecule has 0 saturated heterocycles. The van der Waals surface area contributed by atoms with Crippen LogP contribution in [0.4, 0.5) is 0 Å². The lowest BCUT2D eigenvalue weighted by molar-refractivity contribution is 0.222. The maximum atomic E-state index is 4.28. The van der Waals surface area contributed by atoms with Crippen LogP contribution >= 0.6 is 0 Å². The third kappa shape index (κ3) is 0.265. The van der Waals surface area contributed by atoms with E-state index in [1.807, 2.05) is 0 Å². The van der Waals surface area contributed by atoms with E-state index in [4.69, 9.17) is 0 Å². The Labute approximate surface area is 29.7 Å². The summed E-state index contributed by atoms with van der Waals surface area (Å²) < 4.78 is 0. The van der Waals surface area contributed by atoms with Gasteiger partial charge in [0.25, 0.3) is 0 Å². The number of hydrogen-bond donors (Lipinski definition) is 0. The molecule has 0 aromatic carbocycles. The number of allylic oxidation sites excluding steroid dienone is 1. The molecule has 5 heavy (non-hydrogen) atoms. The molecule has 0 spiro atoms. The zero-order valence-electron chi connectivity index (χ0n) is 2.51. The molecule has 1 aliphatic rings. The zero-order valence-corrected chi connectivity index (χ0v) is 2.51. The first-order valence-corrected chi connectivity index (χ1v) is 1.26. The Kier molecular flexibility index (Phi) is 0.433. The third-order valence-corrected chi connectivity index (χ3v) is 0.309. The minimum Gasteiger partial charge on any atom is -0.179 e. The average Bonchev–Trinajstić information content (AvgIpc) is 1.76. The van der Waals surface area contributed by atoms with Crippen LogP contribution in [0.3, 0.4) is 0 Å². The highest BCUT2D eigenvalue weighted by atomic mass is 16.6. The predicted octanol–water partition coefficient (Wildman–Crippen LogP) is -0.271. The minimum atomic E-state index is 1.46. The molecule has 1 heterocycles. The Morgan fingerprint density at radius 2 is 2.80 bits per heavy atom. The van der Waals surface area contributed by atoms with Crippen LogP contribution in [0.15, 0.2) is 12.3 Å². The van der Waals surface area contributed by atoms with Crippen molar-refractivity contribution in [1.29, 1.82) is 0 Å². The number of hydrogen-bond acceptors (Lipinski definition) is 2. The molecule has 0 amide bonds. The van der Waals surface area contributed by atoms with E-state index in [0.29, 0.717) is 0 Å². The zero-order chi connectivity index (χ0) is 3.54. The van der Waals surface area contributed by atoms with Gasteiger partial charge in [-0.25, -0.2) is 0 Å². The Bertz CT molecular complexity index is 65.0. The first-order chi connectivity index (χ1) is 2.50. The van der Waals surface area contributed by atoms with Gasteiger partial charge in [0.05, 0.1) is 6.08 Å². The van der Waals surface area contributed by atoms with Gasteiger partial charge in [0.15, 0.2) is 6.26 Å². The van der Waals surface area contributed by atoms with Crippen LogP contribution < -0.4 is 5.16 Å². The van der Waals surface area contributed by atoms with Crippen molar-refractivity contribution in [2.75, 3.05) is 0 Å². The second kappa shape index (κ2) is 0.885. The summed E-state index contributed by atoms with van der Waals surface area (Å²) in [5.41, 5.74) is 0. The van der Waals surface area contributed by atoms with Crippen LogP contribution in [0.1, 0.15) is 0 Å². The van der Waals surface area contributed by atoms with E-state index < -0.39 is 0 Å². The number of rotatable bonds is 0. The molecule has 1 aliphatic heterocycles. The molecule has 0 unspecified atom stereocenters. The second-order valence-corrected chi connectivity index (χ2v) is 0.629. The van der Waals surface area contributed by atoms with E-state index in [2.05, 4.69) is 16.2 Å². The van der Waals surface area contributed by atoms with Gasteiger partial charge in [0, 0.05) is 0 Å². The van der Waals surface area contributed by atoms with Crippen LogP contribution in [0, 0.1) is 0 Å². The third-order valence-electron chi connectivity index (χ3n) is 0.309. The van der Waals surface area contributed by atoms with Crippen LogP contribution in [0.5, 0.6) is 0 Å². The predicted molar refractivity (Wildman–Crippen MR) is 17.4 cm³/mol. The van der Waals surface area contributed by atoms with Crippen molar-refractivity contribution in [1.82, 2.24) is 5.16 Å². The van der Waals surface area contributed by atoms with Crippen molar-refractivity contribution in [2.45, 2.75) is 0 Å². The molecule has 1 rings (SSSR count). The molecule has 2 heteroatoms. The standard InChI is InChI=1S/C3H2NO/c1-2-4-5-3-1/h1,3H/q+1. The highest BCUT2D eigenvalue weighted by molar-refractivity contribution is 5.70. The molecule has 2 nitrogen and oxygen atoms in total. The van der Waals surface area contributed by atoms with Crippen LogP contribution in [0.25, 0.3) is 0 Å². The van der Waals surface area contributed by atoms with Crippen molar-refractivity contribution < 1.29 is 4.84 Å². The number of nitrogens with zero attached hydrogens (tertiary/aromatic N) is 1. The molecule has 0 N–H and O–H groups in total. The molecule has 0 bridgehead atoms. The van der Waals surface area contributed by atoms with Crippen molar-refractivity contribution in [3.63, 3.8) is 0 Å². The van der Waals surface area contributed by atoms with Crippen molar-refractivity contribution >= 4 is 6.21 Å². The summed E-state index contributed by atoms with van der Waals surface area (Å²) in [6.07, 6.45) is 5.50. The maximum absolute atomic E-state index is 4.28. The van der Waals surface area contributed by atoms with Gasteiger partial charge in [-0.05, 0) is 0 Å². The van der Waals surface area contributed by atoms with E-state index in [-0.39, 0.29) is 0 Å². The van der Waals surface area contributed by atoms with Crippen molar-refractivity contribution in [2.24, 2.45) is 0 Å². The lowest BCUT2D eigenvalue weighted by atomic mass is 10.7. The lowest BCUT2D eigenvalue weighted by Crippen LogP contribution is -1.73. The molecule has 0 aromatic heterocycles. The first-order valence-electron chi connectivity index (χ1n) is 1.26. The first kappa shape index (κ1) is 2.45. The Balaban J connectivity index is 2.61. The van der Waals surface area contributed by atoms with E-state index in [1.165, 1.54) is 6.26 Å². The quantitative estimate of drug-likeness (QED) is 0.383. The Hall–Kier alpha value is -0.790. The molecule has 0 atom stereocenters. The fraction of sp³-hybridized carbons (Fsp3) is 0. The molecule has 0 aromatic rings. The van der Waals surface area contributed by atoms with Crippen molar-refractivity contribution in [3.05, 3.63) is 12.3 Å². The molecule has 24 valence electrons. The maximum Gasteiger partial charge on any atom is 0.424 e. The summed E-state index contributed by atoms with van der Waals surface area (Å²) in [6.45, 7) is 0. The minimum absolute atomic E-state index is 1.46. The SMILES string of the molecule is [C]1=[N+]OC=C1. The van der Waals surface area contributed by atoms with Gasteiger partial charge in [-0.2, -0.15) is 4.84 Å². The van der Waals surface area contributed by atoms with Gasteiger partial charge in [-0.1, -0.05) is 0 Å². The molecular weight excluding hydrogens is 66.0 g/mol. The molecule has 0 aliphatic carbocycles. The van der Waals surface area contributed by atoms with Crippen molar-refractivity contribution in [3.8, 4) is 0 Å². The van der Waals surface area contributed by atoms with Crippen LogP contribution in [0.2, 0.25) is 0 Å². The monoisotopic (exact) mass is 68.0 g/mol. The summed E-state index contributed by atoms with van der Waals surface area (Å²) in [5.74, 6) is 0. The van der Waals surface area contributed by atoms with E-state index in [9.17, 15) is 0 Å². The van der Waals surface area contributed by atoms with Gasteiger partial charge in [-0.3, -0.25) is 0 Å². The molecule has 2 radical (unpaired) electrons. The average molecular weight is 68.1 g/mol. The highest BCUT2D eigenvalue weighted by Gasteiger charge is 1.94. The molecular formula is C3H2NO+. The highest BCUT2D eigenvalue weighted by Crippen LogP contribution is 1.71. The topological polar surface area (TPSA) is 23.3 Å². The smallest absolute Gasteiger partial charge is 0.179 e.